The quantitative estimate of drug-likeness (QED) is 0.866. The number of piperidine rings is 1. The number of hydrogen-bond donors (Lipinski definition) is 1. The molecular weight excluding hydrogens is 224 g/mol. The highest BCUT2D eigenvalue weighted by molar-refractivity contribution is 5.27. The van der Waals surface area contributed by atoms with Crippen molar-refractivity contribution in [2.45, 2.75) is 32.2 Å². The standard InChI is InChI=1S/C15H24N2O/c1-2-13-3-5-15(6-4-13)18-12-11-17-9-7-14(16)8-10-17/h3-6,14H,2,7-12,16H2,1H3. The Bertz CT molecular complexity index is 342. The van der Waals surface area contributed by atoms with Gasteiger partial charge < -0.3 is 10.5 Å². The van der Waals surface area contributed by atoms with Crippen molar-refractivity contribution >= 4 is 0 Å². The maximum absolute atomic E-state index is 5.89. The number of nitrogens with two attached hydrogens (primary N) is 1. The van der Waals surface area contributed by atoms with Crippen molar-refractivity contribution in [3.63, 3.8) is 0 Å². The fourth-order valence-corrected chi connectivity index (χ4v) is 2.29. The van der Waals surface area contributed by atoms with E-state index >= 15 is 0 Å². The molecule has 1 aliphatic heterocycles. The lowest BCUT2D eigenvalue weighted by Gasteiger charge is -2.29. The molecule has 0 saturated carbocycles. The van der Waals surface area contributed by atoms with Gasteiger partial charge in [-0.05, 0) is 50.0 Å². The minimum absolute atomic E-state index is 0.406. The Balaban J connectivity index is 1.68. The van der Waals surface area contributed by atoms with Crippen LogP contribution in [0.5, 0.6) is 5.75 Å². The number of likely N-dealkylation sites (tertiary alicyclic amines) is 1. The van der Waals surface area contributed by atoms with Crippen molar-refractivity contribution < 1.29 is 4.74 Å². The molecule has 2 N–H and O–H groups in total. The van der Waals surface area contributed by atoms with E-state index < -0.39 is 0 Å². The Kier molecular flexibility index (Phi) is 5.02. The summed E-state index contributed by atoms with van der Waals surface area (Å²) in [7, 11) is 0. The first kappa shape index (κ1) is 13.4. The molecule has 1 aromatic carbocycles. The third kappa shape index (κ3) is 4.00. The van der Waals surface area contributed by atoms with Crippen LogP contribution in [0.2, 0.25) is 0 Å². The van der Waals surface area contributed by atoms with Crippen LogP contribution in [0, 0.1) is 0 Å². The van der Waals surface area contributed by atoms with Gasteiger partial charge in [0.25, 0.3) is 0 Å². The molecule has 0 radical (unpaired) electrons. The summed E-state index contributed by atoms with van der Waals surface area (Å²) in [5.41, 5.74) is 7.24. The van der Waals surface area contributed by atoms with Crippen LogP contribution >= 0.6 is 0 Å². The van der Waals surface area contributed by atoms with E-state index in [4.69, 9.17) is 10.5 Å². The summed E-state index contributed by atoms with van der Waals surface area (Å²) in [6.07, 6.45) is 3.31. The highest BCUT2D eigenvalue weighted by Gasteiger charge is 2.15. The molecule has 3 heteroatoms. The third-order valence-corrected chi connectivity index (χ3v) is 3.64. The van der Waals surface area contributed by atoms with E-state index in [-0.39, 0.29) is 0 Å². The van der Waals surface area contributed by atoms with Crippen LogP contribution in [0.1, 0.15) is 25.3 Å². The summed E-state index contributed by atoms with van der Waals surface area (Å²) in [5.74, 6) is 0.973. The normalized spacial score (nSPS) is 17.9. The minimum atomic E-state index is 0.406. The van der Waals surface area contributed by atoms with E-state index in [1.165, 1.54) is 5.56 Å². The highest BCUT2D eigenvalue weighted by atomic mass is 16.5. The van der Waals surface area contributed by atoms with Gasteiger partial charge in [0.2, 0.25) is 0 Å². The van der Waals surface area contributed by atoms with Gasteiger partial charge in [-0.3, -0.25) is 4.90 Å². The average molecular weight is 248 g/mol. The molecule has 1 aliphatic rings. The van der Waals surface area contributed by atoms with Crippen LogP contribution in [-0.2, 0) is 6.42 Å². The molecule has 0 amide bonds. The van der Waals surface area contributed by atoms with Crippen molar-refractivity contribution in [3.05, 3.63) is 29.8 Å². The predicted molar refractivity (Wildman–Crippen MR) is 75.0 cm³/mol. The molecule has 0 atom stereocenters. The van der Waals surface area contributed by atoms with Gasteiger partial charge in [0, 0.05) is 12.6 Å². The lowest BCUT2D eigenvalue weighted by atomic mass is 10.1. The second kappa shape index (κ2) is 6.76. The Morgan fingerprint density at radius 3 is 2.50 bits per heavy atom. The van der Waals surface area contributed by atoms with Crippen LogP contribution in [0.15, 0.2) is 24.3 Å². The largest absolute Gasteiger partial charge is 0.492 e. The van der Waals surface area contributed by atoms with Gasteiger partial charge in [-0.25, -0.2) is 0 Å². The van der Waals surface area contributed by atoms with E-state index in [1.807, 2.05) is 0 Å². The lowest BCUT2D eigenvalue weighted by Crippen LogP contribution is -2.41. The van der Waals surface area contributed by atoms with Crippen molar-refractivity contribution in [1.29, 1.82) is 0 Å². The Morgan fingerprint density at radius 2 is 1.89 bits per heavy atom. The van der Waals surface area contributed by atoms with Crippen LogP contribution in [0.4, 0.5) is 0 Å². The predicted octanol–water partition coefficient (Wildman–Crippen LogP) is 2.05. The van der Waals surface area contributed by atoms with Crippen molar-refractivity contribution in [2.24, 2.45) is 5.73 Å². The summed E-state index contributed by atoms with van der Waals surface area (Å²) < 4.78 is 5.76. The minimum Gasteiger partial charge on any atom is -0.492 e. The van der Waals surface area contributed by atoms with Gasteiger partial charge in [0.15, 0.2) is 0 Å². The molecule has 0 aromatic heterocycles. The summed E-state index contributed by atoms with van der Waals surface area (Å²) >= 11 is 0. The monoisotopic (exact) mass is 248 g/mol. The first-order valence-electron chi connectivity index (χ1n) is 6.97. The summed E-state index contributed by atoms with van der Waals surface area (Å²) in [5, 5.41) is 0. The SMILES string of the molecule is CCc1ccc(OCCN2CCC(N)CC2)cc1. The molecule has 0 unspecified atom stereocenters. The van der Waals surface area contributed by atoms with E-state index in [2.05, 4.69) is 36.1 Å². The number of nitrogens with zero attached hydrogens (tertiary/aromatic N) is 1. The van der Waals surface area contributed by atoms with Gasteiger partial charge in [0.05, 0.1) is 0 Å². The molecular formula is C15H24N2O. The van der Waals surface area contributed by atoms with Crippen LogP contribution in [0.3, 0.4) is 0 Å². The first-order valence-corrected chi connectivity index (χ1v) is 6.97. The van der Waals surface area contributed by atoms with Crippen molar-refractivity contribution in [2.75, 3.05) is 26.2 Å². The second-order valence-corrected chi connectivity index (χ2v) is 5.03. The molecule has 18 heavy (non-hydrogen) atoms. The maximum atomic E-state index is 5.89. The van der Waals surface area contributed by atoms with Gasteiger partial charge in [0.1, 0.15) is 12.4 Å². The highest BCUT2D eigenvalue weighted by Crippen LogP contribution is 2.13. The average Bonchev–Trinajstić information content (AvgIpc) is 2.42. The first-order chi connectivity index (χ1) is 8.78. The molecule has 100 valence electrons. The van der Waals surface area contributed by atoms with Crippen molar-refractivity contribution in [1.82, 2.24) is 4.90 Å². The van der Waals surface area contributed by atoms with Gasteiger partial charge in [-0.1, -0.05) is 19.1 Å². The van der Waals surface area contributed by atoms with Crippen molar-refractivity contribution in [3.8, 4) is 5.75 Å². The topological polar surface area (TPSA) is 38.5 Å². The molecule has 0 spiro atoms. The molecule has 3 nitrogen and oxygen atoms in total. The zero-order valence-electron chi connectivity index (χ0n) is 11.3. The molecule has 1 heterocycles. The van der Waals surface area contributed by atoms with E-state index in [1.54, 1.807) is 0 Å². The Morgan fingerprint density at radius 1 is 1.22 bits per heavy atom. The molecule has 1 saturated heterocycles. The maximum Gasteiger partial charge on any atom is 0.119 e. The fraction of sp³-hybridized carbons (Fsp3) is 0.600. The number of hydrogen-bond acceptors (Lipinski definition) is 3. The van der Waals surface area contributed by atoms with E-state index in [0.717, 1.165) is 51.3 Å². The number of ether oxygens (including phenoxy) is 1. The summed E-state index contributed by atoms with van der Waals surface area (Å²) in [6, 6.07) is 8.80. The van der Waals surface area contributed by atoms with Gasteiger partial charge in [-0.15, -0.1) is 0 Å². The zero-order chi connectivity index (χ0) is 12.8. The smallest absolute Gasteiger partial charge is 0.119 e. The molecule has 1 fully saturated rings. The molecule has 2 rings (SSSR count). The van der Waals surface area contributed by atoms with Crippen LogP contribution in [0.25, 0.3) is 0 Å². The summed E-state index contributed by atoms with van der Waals surface area (Å²) in [4.78, 5) is 2.43. The zero-order valence-corrected chi connectivity index (χ0v) is 11.3. The second-order valence-electron chi connectivity index (χ2n) is 5.03. The van der Waals surface area contributed by atoms with Gasteiger partial charge in [-0.2, -0.15) is 0 Å². The summed E-state index contributed by atoms with van der Waals surface area (Å²) in [6.45, 7) is 6.15. The number of benzene rings is 1. The number of aryl methyl sites for hydroxylation is 1. The molecule has 0 aliphatic carbocycles. The Labute approximate surface area is 110 Å². The fourth-order valence-electron chi connectivity index (χ4n) is 2.29. The van der Waals surface area contributed by atoms with E-state index in [9.17, 15) is 0 Å². The van der Waals surface area contributed by atoms with Crippen LogP contribution in [-0.4, -0.2) is 37.2 Å². The van der Waals surface area contributed by atoms with Crippen LogP contribution < -0.4 is 10.5 Å². The Hall–Kier alpha value is -1.06. The van der Waals surface area contributed by atoms with Gasteiger partial charge >= 0.3 is 0 Å². The lowest BCUT2D eigenvalue weighted by molar-refractivity contribution is 0.174. The van der Waals surface area contributed by atoms with E-state index in [0.29, 0.717) is 6.04 Å². The number of rotatable bonds is 5. The molecule has 1 aromatic rings. The molecule has 0 bridgehead atoms. The third-order valence-electron chi connectivity index (χ3n) is 3.64.